The first-order chi connectivity index (χ1) is 11.3. The van der Waals surface area contributed by atoms with Gasteiger partial charge in [-0.25, -0.2) is 9.78 Å². The molecule has 1 aromatic carbocycles. The van der Waals surface area contributed by atoms with Gasteiger partial charge in [-0.15, -0.1) is 11.3 Å². The number of amides is 2. The third kappa shape index (κ3) is 4.20. The van der Waals surface area contributed by atoms with Gasteiger partial charge < -0.3 is 9.88 Å². The fraction of sp³-hybridized carbons (Fsp3) is 0.176. The predicted molar refractivity (Wildman–Crippen MR) is 93.6 cm³/mol. The highest BCUT2D eigenvalue weighted by molar-refractivity contribution is 7.14. The molecule has 118 valence electrons. The van der Waals surface area contributed by atoms with Gasteiger partial charge >= 0.3 is 6.03 Å². The molecule has 0 aliphatic heterocycles. The number of imidazole rings is 1. The van der Waals surface area contributed by atoms with Crippen molar-refractivity contribution >= 4 is 22.4 Å². The maximum atomic E-state index is 11.7. The van der Waals surface area contributed by atoms with E-state index in [-0.39, 0.29) is 6.03 Å². The quantitative estimate of drug-likeness (QED) is 0.677. The van der Waals surface area contributed by atoms with Crippen LogP contribution < -0.4 is 10.6 Å². The molecule has 6 heteroatoms. The molecule has 5 nitrogen and oxygen atoms in total. The number of hydrogen-bond acceptors (Lipinski definition) is 3. The normalized spacial score (nSPS) is 10.4. The summed E-state index contributed by atoms with van der Waals surface area (Å²) < 4.78 is 2.11. The van der Waals surface area contributed by atoms with E-state index in [1.165, 1.54) is 11.3 Å². The third-order valence-corrected chi connectivity index (χ3v) is 4.15. The Balaban J connectivity index is 1.46. The van der Waals surface area contributed by atoms with Crippen LogP contribution in [0.2, 0.25) is 0 Å². The predicted octanol–water partition coefficient (Wildman–Crippen LogP) is 3.82. The SMILES string of the molecule is O=C(NCCCn1ccnc1-c1ccccc1)Nc1cccs1. The molecule has 0 saturated heterocycles. The van der Waals surface area contributed by atoms with Gasteiger partial charge in [0, 0.05) is 31.0 Å². The summed E-state index contributed by atoms with van der Waals surface area (Å²) in [5.41, 5.74) is 1.10. The van der Waals surface area contributed by atoms with Gasteiger partial charge in [0.15, 0.2) is 0 Å². The Morgan fingerprint density at radius 3 is 2.83 bits per heavy atom. The van der Waals surface area contributed by atoms with Crippen LogP contribution in [0.1, 0.15) is 6.42 Å². The van der Waals surface area contributed by atoms with Crippen molar-refractivity contribution in [2.75, 3.05) is 11.9 Å². The van der Waals surface area contributed by atoms with Crippen LogP contribution in [0.25, 0.3) is 11.4 Å². The van der Waals surface area contributed by atoms with Crippen LogP contribution in [0.15, 0.2) is 60.2 Å². The van der Waals surface area contributed by atoms with Crippen LogP contribution in [0, 0.1) is 0 Å². The average molecular weight is 326 g/mol. The summed E-state index contributed by atoms with van der Waals surface area (Å²) in [6, 6.07) is 13.7. The standard InChI is InChI=1S/C17H18N4OS/c22-17(20-15-8-4-13-23-15)19-9-5-11-21-12-10-18-16(21)14-6-2-1-3-7-14/h1-4,6-8,10,12-13H,5,9,11H2,(H2,19,20,22). The molecule has 0 unspecified atom stereocenters. The summed E-state index contributed by atoms with van der Waals surface area (Å²) in [5, 5.41) is 8.45. The molecule has 0 aliphatic carbocycles. The molecule has 2 aromatic heterocycles. The van der Waals surface area contributed by atoms with Gasteiger partial charge in [-0.1, -0.05) is 30.3 Å². The van der Waals surface area contributed by atoms with Gasteiger partial charge in [0.25, 0.3) is 0 Å². The second-order valence-corrected chi connectivity index (χ2v) is 5.97. The minimum Gasteiger partial charge on any atom is -0.338 e. The Morgan fingerprint density at radius 2 is 2.04 bits per heavy atom. The van der Waals surface area contributed by atoms with Crippen molar-refractivity contribution in [1.29, 1.82) is 0 Å². The molecule has 2 N–H and O–H groups in total. The fourth-order valence-corrected chi connectivity index (χ4v) is 2.91. The van der Waals surface area contributed by atoms with Gasteiger partial charge in [0.2, 0.25) is 0 Å². The van der Waals surface area contributed by atoms with Crippen LogP contribution in [-0.2, 0) is 6.54 Å². The monoisotopic (exact) mass is 326 g/mol. The molecule has 3 rings (SSSR count). The van der Waals surface area contributed by atoms with Gasteiger partial charge in [-0.3, -0.25) is 5.32 Å². The lowest BCUT2D eigenvalue weighted by molar-refractivity contribution is 0.252. The molecule has 0 spiro atoms. The zero-order valence-corrected chi connectivity index (χ0v) is 13.4. The molecule has 2 amide bonds. The Bertz CT molecular complexity index is 737. The molecule has 2 heterocycles. The number of rotatable bonds is 6. The maximum absolute atomic E-state index is 11.7. The number of nitrogens with zero attached hydrogens (tertiary/aromatic N) is 2. The third-order valence-electron chi connectivity index (χ3n) is 3.37. The number of anilines is 1. The zero-order valence-electron chi connectivity index (χ0n) is 12.6. The Labute approximate surface area is 139 Å². The van der Waals surface area contributed by atoms with E-state index < -0.39 is 0 Å². The van der Waals surface area contributed by atoms with Crippen molar-refractivity contribution in [3.8, 4) is 11.4 Å². The van der Waals surface area contributed by atoms with Crippen molar-refractivity contribution in [2.45, 2.75) is 13.0 Å². The van der Waals surface area contributed by atoms with Crippen LogP contribution in [0.4, 0.5) is 9.80 Å². The summed E-state index contributed by atoms with van der Waals surface area (Å²) in [5.74, 6) is 0.952. The first-order valence-corrected chi connectivity index (χ1v) is 8.36. The van der Waals surface area contributed by atoms with Crippen molar-refractivity contribution in [3.63, 3.8) is 0 Å². The van der Waals surface area contributed by atoms with E-state index in [0.717, 1.165) is 29.4 Å². The number of urea groups is 1. The lowest BCUT2D eigenvalue weighted by atomic mass is 10.2. The summed E-state index contributed by atoms with van der Waals surface area (Å²) in [6.07, 6.45) is 4.61. The van der Waals surface area contributed by atoms with Crippen LogP contribution in [0.5, 0.6) is 0 Å². The highest BCUT2D eigenvalue weighted by Gasteiger charge is 2.05. The van der Waals surface area contributed by atoms with E-state index in [2.05, 4.69) is 20.2 Å². The summed E-state index contributed by atoms with van der Waals surface area (Å²) in [7, 11) is 0. The second-order valence-electron chi connectivity index (χ2n) is 5.02. The smallest absolute Gasteiger partial charge is 0.319 e. The summed E-state index contributed by atoms with van der Waals surface area (Å²) in [6.45, 7) is 1.42. The Hall–Kier alpha value is -2.60. The van der Waals surface area contributed by atoms with Gasteiger partial charge in [0.05, 0.1) is 5.00 Å². The van der Waals surface area contributed by atoms with E-state index in [0.29, 0.717) is 6.54 Å². The van der Waals surface area contributed by atoms with Gasteiger partial charge in [0.1, 0.15) is 5.82 Å². The van der Waals surface area contributed by atoms with Crippen molar-refractivity contribution in [3.05, 3.63) is 60.2 Å². The number of nitrogens with one attached hydrogen (secondary N) is 2. The largest absolute Gasteiger partial charge is 0.338 e. The van der Waals surface area contributed by atoms with Crippen LogP contribution >= 0.6 is 11.3 Å². The molecule has 0 bridgehead atoms. The Kier molecular flexibility index (Phi) is 5.06. The Morgan fingerprint density at radius 1 is 1.17 bits per heavy atom. The van der Waals surface area contributed by atoms with Crippen LogP contribution in [0.3, 0.4) is 0 Å². The lowest BCUT2D eigenvalue weighted by Gasteiger charge is -2.09. The highest BCUT2D eigenvalue weighted by Crippen LogP contribution is 2.17. The van der Waals surface area contributed by atoms with Gasteiger partial charge in [-0.05, 0) is 23.9 Å². The van der Waals surface area contributed by atoms with E-state index in [1.54, 1.807) is 6.20 Å². The number of aromatic nitrogens is 2. The molecule has 0 fully saturated rings. The number of aryl methyl sites for hydroxylation is 1. The topological polar surface area (TPSA) is 59.0 Å². The van der Waals surface area contributed by atoms with E-state index >= 15 is 0 Å². The lowest BCUT2D eigenvalue weighted by Crippen LogP contribution is -2.29. The molecular weight excluding hydrogens is 308 g/mol. The highest BCUT2D eigenvalue weighted by atomic mass is 32.1. The van der Waals surface area contributed by atoms with Crippen molar-refractivity contribution in [2.24, 2.45) is 0 Å². The first kappa shape index (κ1) is 15.3. The zero-order chi connectivity index (χ0) is 15.9. The fourth-order valence-electron chi connectivity index (χ4n) is 2.29. The second kappa shape index (κ2) is 7.60. The maximum Gasteiger partial charge on any atom is 0.319 e. The first-order valence-electron chi connectivity index (χ1n) is 7.48. The number of thiophene rings is 1. The van der Waals surface area contributed by atoms with E-state index in [4.69, 9.17) is 0 Å². The van der Waals surface area contributed by atoms with Crippen LogP contribution in [-0.4, -0.2) is 22.1 Å². The molecule has 3 aromatic rings. The summed E-state index contributed by atoms with van der Waals surface area (Å²) in [4.78, 5) is 16.1. The molecule has 23 heavy (non-hydrogen) atoms. The molecular formula is C17H18N4OS. The minimum atomic E-state index is -0.165. The number of carbonyl (C=O) groups excluding carboxylic acids is 1. The van der Waals surface area contributed by atoms with E-state index in [9.17, 15) is 4.79 Å². The molecule has 0 saturated carbocycles. The molecule has 0 radical (unpaired) electrons. The van der Waals surface area contributed by atoms with Crippen molar-refractivity contribution in [1.82, 2.24) is 14.9 Å². The van der Waals surface area contributed by atoms with E-state index in [1.807, 2.05) is 54.0 Å². The number of benzene rings is 1. The molecule has 0 aliphatic rings. The average Bonchev–Trinajstić information content (AvgIpc) is 3.24. The minimum absolute atomic E-state index is 0.165. The molecule has 0 atom stereocenters. The summed E-state index contributed by atoms with van der Waals surface area (Å²) >= 11 is 1.50. The van der Waals surface area contributed by atoms with Gasteiger partial charge in [-0.2, -0.15) is 0 Å². The number of hydrogen-bond donors (Lipinski definition) is 2. The number of carbonyl (C=O) groups is 1. The van der Waals surface area contributed by atoms with Crippen molar-refractivity contribution < 1.29 is 4.79 Å².